The molecule has 0 unspecified atom stereocenters. The molecule has 2 aromatic carbocycles. The third-order valence-electron chi connectivity index (χ3n) is 4.41. The number of carbonyl (C=O) groups is 1. The van der Waals surface area contributed by atoms with Crippen LogP contribution in [0.15, 0.2) is 42.5 Å². The molecule has 0 aromatic heterocycles. The summed E-state index contributed by atoms with van der Waals surface area (Å²) in [6, 6.07) is 13.6. The summed E-state index contributed by atoms with van der Waals surface area (Å²) in [6.45, 7) is 1.58. The van der Waals surface area contributed by atoms with Gasteiger partial charge in [0.1, 0.15) is 5.75 Å². The van der Waals surface area contributed by atoms with E-state index < -0.39 is 0 Å². The van der Waals surface area contributed by atoms with Crippen LogP contribution in [-0.4, -0.2) is 24.0 Å². The van der Waals surface area contributed by atoms with Crippen molar-refractivity contribution in [2.24, 2.45) is 5.92 Å². The van der Waals surface area contributed by atoms with Crippen molar-refractivity contribution < 1.29 is 9.90 Å². The number of fused-ring (bicyclic) bond motifs is 1. The van der Waals surface area contributed by atoms with E-state index in [2.05, 4.69) is 34.0 Å². The number of halogens is 1. The maximum atomic E-state index is 12.5. The van der Waals surface area contributed by atoms with E-state index in [9.17, 15) is 9.90 Å². The predicted octanol–water partition coefficient (Wildman–Crippen LogP) is 3.57. The molecule has 0 fully saturated rings. The number of aromatic hydroxyl groups is 1. The fourth-order valence-corrected chi connectivity index (χ4v) is 3.65. The Labute approximate surface area is 150 Å². The maximum Gasteiger partial charge on any atom is 0.167 e. The number of benzene rings is 2. The van der Waals surface area contributed by atoms with E-state index in [-0.39, 0.29) is 11.7 Å². The number of aryl methyl sites for hydroxylation is 1. The Morgan fingerprint density at radius 1 is 1.22 bits per heavy atom. The molecule has 1 aliphatic carbocycles. The van der Waals surface area contributed by atoms with Gasteiger partial charge in [0.25, 0.3) is 0 Å². The highest BCUT2D eigenvalue weighted by atomic mass is 125. The van der Waals surface area contributed by atoms with Crippen LogP contribution in [0.3, 0.4) is 0 Å². The van der Waals surface area contributed by atoms with Gasteiger partial charge in [-0.1, -0.05) is 30.3 Å². The van der Waals surface area contributed by atoms with Crippen molar-refractivity contribution >= 4 is 28.4 Å². The van der Waals surface area contributed by atoms with E-state index in [1.54, 1.807) is 6.07 Å². The van der Waals surface area contributed by atoms with E-state index in [1.165, 1.54) is 11.1 Å². The van der Waals surface area contributed by atoms with Crippen LogP contribution in [0.4, 0.5) is 0 Å². The van der Waals surface area contributed by atoms with Crippen molar-refractivity contribution in [3.8, 4) is 5.75 Å². The highest BCUT2D eigenvalue weighted by Gasteiger charge is 2.26. The second-order valence-electron chi connectivity index (χ2n) is 6.00. The molecule has 2 aromatic rings. The predicted molar refractivity (Wildman–Crippen MR) is 100.0 cm³/mol. The first-order chi connectivity index (χ1) is 11.1. The van der Waals surface area contributed by atoms with Gasteiger partial charge in [-0.15, -0.1) is 0 Å². The number of carbonyl (C=O) groups excluding carboxylic acids is 1. The molecule has 0 amide bonds. The Morgan fingerprint density at radius 3 is 2.87 bits per heavy atom. The van der Waals surface area contributed by atoms with Gasteiger partial charge in [0, 0.05) is 18.0 Å². The van der Waals surface area contributed by atoms with Gasteiger partial charge in [-0.25, -0.2) is 0 Å². The Balaban J connectivity index is 1.50. The average molecular weight is 419 g/mol. The molecular weight excluding hydrogens is 399 g/mol. The Kier molecular flexibility index (Phi) is 5.33. The van der Waals surface area contributed by atoms with Crippen molar-refractivity contribution in [1.82, 2.24) is 5.32 Å². The summed E-state index contributed by atoms with van der Waals surface area (Å²) >= 11 is 2.13. The van der Waals surface area contributed by atoms with Crippen LogP contribution in [0, 0.1) is 9.49 Å². The molecule has 3 nitrogen and oxygen atoms in total. The van der Waals surface area contributed by atoms with Crippen LogP contribution in [0.2, 0.25) is 0 Å². The highest BCUT2D eigenvalue weighted by molar-refractivity contribution is 14.1. The first-order valence-corrected chi connectivity index (χ1v) is 9.03. The van der Waals surface area contributed by atoms with Crippen LogP contribution < -0.4 is 5.32 Å². The molecule has 4 heteroatoms. The second kappa shape index (κ2) is 7.45. The Hall–Kier alpha value is -1.40. The first kappa shape index (κ1) is 16.5. The summed E-state index contributed by atoms with van der Waals surface area (Å²) in [5.41, 5.74) is 3.28. The monoisotopic (exact) mass is 419 g/mol. The zero-order valence-corrected chi connectivity index (χ0v) is 15.0. The number of hydrogen-bond acceptors (Lipinski definition) is 3. The molecule has 120 valence electrons. The largest absolute Gasteiger partial charge is 0.507 e. The quantitative estimate of drug-likeness (QED) is 0.576. The summed E-state index contributed by atoms with van der Waals surface area (Å²) in [5, 5.41) is 12.9. The first-order valence-electron chi connectivity index (χ1n) is 7.95. The summed E-state index contributed by atoms with van der Waals surface area (Å²) < 4.78 is 0.874. The molecule has 0 saturated carbocycles. The summed E-state index contributed by atoms with van der Waals surface area (Å²) in [4.78, 5) is 12.5. The third kappa shape index (κ3) is 3.93. The minimum absolute atomic E-state index is 0.0878. The molecule has 0 radical (unpaired) electrons. The van der Waals surface area contributed by atoms with Crippen LogP contribution in [0.5, 0.6) is 5.75 Å². The van der Waals surface area contributed by atoms with Gasteiger partial charge >= 0.3 is 0 Å². The molecule has 1 aliphatic rings. The molecule has 2 N–H and O–H groups in total. The van der Waals surface area contributed by atoms with Gasteiger partial charge < -0.3 is 10.4 Å². The molecule has 0 heterocycles. The SMILES string of the molecule is O=C1c2ccccc2CC[C@H]1CNCCc1ccc(O)c([125I])c1. The summed E-state index contributed by atoms with van der Waals surface area (Å²) in [7, 11) is 0. The van der Waals surface area contributed by atoms with Crippen molar-refractivity contribution in [2.45, 2.75) is 19.3 Å². The fourth-order valence-electron chi connectivity index (χ4n) is 3.07. The van der Waals surface area contributed by atoms with Gasteiger partial charge in [0.2, 0.25) is 0 Å². The van der Waals surface area contributed by atoms with E-state index >= 15 is 0 Å². The molecule has 0 bridgehead atoms. The smallest absolute Gasteiger partial charge is 0.167 e. The number of hydrogen-bond donors (Lipinski definition) is 2. The molecule has 0 spiro atoms. The number of phenols is 1. The minimum Gasteiger partial charge on any atom is -0.507 e. The number of rotatable bonds is 5. The van der Waals surface area contributed by atoms with Crippen molar-refractivity contribution in [2.75, 3.05) is 13.1 Å². The van der Waals surface area contributed by atoms with E-state index in [0.717, 1.165) is 41.5 Å². The Bertz CT molecular complexity index is 714. The summed E-state index contributed by atoms with van der Waals surface area (Å²) in [5.74, 6) is 0.692. The molecule has 0 aliphatic heterocycles. The standard InChI is InChI=1S/C19H20INO2/c20-17-11-13(5-8-18(17)22)9-10-21-12-15-7-6-14-3-1-2-4-16(14)19(15)23/h1-5,8,11,15,21-22H,6-7,9-10,12H2/t15-/m0/s1/i20-2. The fraction of sp³-hybridized carbons (Fsp3) is 0.316. The number of ketones is 1. The molecular formula is C19H20INO2. The van der Waals surface area contributed by atoms with Gasteiger partial charge in [0.05, 0.1) is 3.57 Å². The maximum absolute atomic E-state index is 12.5. The van der Waals surface area contributed by atoms with E-state index in [1.807, 2.05) is 30.3 Å². The van der Waals surface area contributed by atoms with Crippen LogP contribution in [0.1, 0.15) is 27.9 Å². The number of phenolic OH excluding ortho intramolecular Hbond substituents is 1. The third-order valence-corrected chi connectivity index (χ3v) is 5.27. The van der Waals surface area contributed by atoms with Gasteiger partial charge in [0.15, 0.2) is 5.78 Å². The van der Waals surface area contributed by atoms with Crippen LogP contribution in [0.25, 0.3) is 0 Å². The molecule has 0 saturated heterocycles. The normalized spacial score (nSPS) is 17.1. The average Bonchev–Trinajstić information content (AvgIpc) is 2.57. The van der Waals surface area contributed by atoms with Gasteiger partial charge in [-0.3, -0.25) is 4.79 Å². The Morgan fingerprint density at radius 2 is 2.04 bits per heavy atom. The summed E-state index contributed by atoms with van der Waals surface area (Å²) in [6.07, 6.45) is 2.82. The molecule has 3 rings (SSSR count). The van der Waals surface area contributed by atoms with Crippen molar-refractivity contribution in [3.05, 3.63) is 62.7 Å². The van der Waals surface area contributed by atoms with Crippen LogP contribution in [-0.2, 0) is 12.8 Å². The number of Topliss-reactive ketones (excluding diaryl/α,β-unsaturated/α-hetero) is 1. The lowest BCUT2D eigenvalue weighted by Gasteiger charge is -2.23. The topological polar surface area (TPSA) is 49.3 Å². The minimum atomic E-state index is 0.0878. The lowest BCUT2D eigenvalue weighted by atomic mass is 9.83. The number of nitrogens with one attached hydrogen (secondary N) is 1. The van der Waals surface area contributed by atoms with Crippen molar-refractivity contribution in [1.29, 1.82) is 0 Å². The van der Waals surface area contributed by atoms with Gasteiger partial charge in [-0.05, 0) is 71.7 Å². The molecule has 1 atom stereocenters. The molecule has 23 heavy (non-hydrogen) atoms. The zero-order chi connectivity index (χ0) is 16.2. The highest BCUT2D eigenvalue weighted by Crippen LogP contribution is 2.25. The zero-order valence-electron chi connectivity index (χ0n) is 12.9. The lowest BCUT2D eigenvalue weighted by molar-refractivity contribution is 0.0901. The van der Waals surface area contributed by atoms with Crippen LogP contribution >= 0.6 is 22.6 Å². The second-order valence-corrected chi connectivity index (χ2v) is 7.16. The van der Waals surface area contributed by atoms with E-state index in [4.69, 9.17) is 0 Å². The van der Waals surface area contributed by atoms with E-state index in [0.29, 0.717) is 5.75 Å². The lowest BCUT2D eigenvalue weighted by Crippen LogP contribution is -2.33. The van der Waals surface area contributed by atoms with Gasteiger partial charge in [-0.2, -0.15) is 0 Å². The van der Waals surface area contributed by atoms with Crippen molar-refractivity contribution in [3.63, 3.8) is 0 Å².